The highest BCUT2D eigenvalue weighted by Crippen LogP contribution is 2.26. The standard InChI is InChI=1S/C25H22O5/c1-17-6-4-5-7-22(17)25(27)30-20-12-8-18(9-13-20)23(26)15-11-19-10-14-21(28-2)16-24(19)29-3/h4-16H,1-3H3/b15-11+. The fraction of sp³-hybridized carbons (Fsp3) is 0.120. The minimum absolute atomic E-state index is 0.176. The van der Waals surface area contributed by atoms with Crippen LogP contribution in [0.3, 0.4) is 0 Å². The van der Waals surface area contributed by atoms with E-state index in [0.29, 0.717) is 28.4 Å². The zero-order valence-electron chi connectivity index (χ0n) is 17.0. The van der Waals surface area contributed by atoms with E-state index in [-0.39, 0.29) is 5.78 Å². The van der Waals surface area contributed by atoms with Crippen LogP contribution in [0.4, 0.5) is 0 Å². The third kappa shape index (κ3) is 4.94. The predicted octanol–water partition coefficient (Wildman–Crippen LogP) is 5.13. The molecule has 0 unspecified atom stereocenters. The molecule has 0 bridgehead atoms. The molecule has 0 amide bonds. The van der Waals surface area contributed by atoms with Crippen LogP contribution >= 0.6 is 0 Å². The molecule has 0 saturated carbocycles. The number of allylic oxidation sites excluding steroid dienone is 1. The van der Waals surface area contributed by atoms with Crippen molar-refractivity contribution in [1.29, 1.82) is 0 Å². The summed E-state index contributed by atoms with van der Waals surface area (Å²) in [6.07, 6.45) is 3.16. The van der Waals surface area contributed by atoms with Crippen LogP contribution in [0.15, 0.2) is 72.8 Å². The molecule has 0 fully saturated rings. The maximum atomic E-state index is 12.5. The van der Waals surface area contributed by atoms with Gasteiger partial charge in [0, 0.05) is 17.2 Å². The second kappa shape index (κ2) is 9.56. The van der Waals surface area contributed by atoms with E-state index in [0.717, 1.165) is 11.1 Å². The first-order valence-corrected chi connectivity index (χ1v) is 9.34. The van der Waals surface area contributed by atoms with E-state index in [4.69, 9.17) is 14.2 Å². The van der Waals surface area contributed by atoms with Gasteiger partial charge in [0.05, 0.1) is 19.8 Å². The molecule has 0 saturated heterocycles. The molecule has 30 heavy (non-hydrogen) atoms. The maximum Gasteiger partial charge on any atom is 0.343 e. The van der Waals surface area contributed by atoms with Crippen molar-refractivity contribution in [3.63, 3.8) is 0 Å². The Morgan fingerprint density at radius 2 is 1.53 bits per heavy atom. The molecular formula is C25H22O5. The van der Waals surface area contributed by atoms with Crippen molar-refractivity contribution in [3.8, 4) is 17.2 Å². The quantitative estimate of drug-likeness (QED) is 0.237. The Bertz CT molecular complexity index is 1080. The van der Waals surface area contributed by atoms with Crippen molar-refractivity contribution in [1.82, 2.24) is 0 Å². The van der Waals surface area contributed by atoms with E-state index in [1.807, 2.05) is 25.1 Å². The minimum atomic E-state index is -0.432. The summed E-state index contributed by atoms with van der Waals surface area (Å²) in [6.45, 7) is 1.85. The van der Waals surface area contributed by atoms with Gasteiger partial charge < -0.3 is 14.2 Å². The van der Waals surface area contributed by atoms with Crippen LogP contribution in [0.5, 0.6) is 17.2 Å². The van der Waals surface area contributed by atoms with Crippen molar-refractivity contribution in [2.24, 2.45) is 0 Å². The van der Waals surface area contributed by atoms with Crippen LogP contribution < -0.4 is 14.2 Å². The number of methoxy groups -OCH3 is 2. The second-order valence-corrected chi connectivity index (χ2v) is 6.53. The Morgan fingerprint density at radius 1 is 0.833 bits per heavy atom. The van der Waals surface area contributed by atoms with Gasteiger partial charge in [-0.1, -0.05) is 18.2 Å². The van der Waals surface area contributed by atoms with Gasteiger partial charge in [-0.2, -0.15) is 0 Å². The van der Waals surface area contributed by atoms with Crippen LogP contribution in [0, 0.1) is 6.92 Å². The van der Waals surface area contributed by atoms with Gasteiger partial charge in [0.1, 0.15) is 17.2 Å². The number of aryl methyl sites for hydroxylation is 1. The van der Waals surface area contributed by atoms with E-state index >= 15 is 0 Å². The molecule has 0 radical (unpaired) electrons. The summed E-state index contributed by atoms with van der Waals surface area (Å²) >= 11 is 0. The molecule has 5 heteroatoms. The van der Waals surface area contributed by atoms with Crippen molar-refractivity contribution in [3.05, 3.63) is 95.1 Å². The number of ether oxygens (including phenoxy) is 3. The molecule has 0 aliphatic rings. The molecule has 3 rings (SSSR count). The molecule has 0 aliphatic carbocycles. The summed E-state index contributed by atoms with van der Waals surface area (Å²) < 4.78 is 15.9. The van der Waals surface area contributed by atoms with Gasteiger partial charge in [-0.15, -0.1) is 0 Å². The van der Waals surface area contributed by atoms with Crippen LogP contribution in [0.25, 0.3) is 6.08 Å². The Hall–Kier alpha value is -3.86. The maximum absolute atomic E-state index is 12.5. The van der Waals surface area contributed by atoms with Gasteiger partial charge in [-0.3, -0.25) is 4.79 Å². The molecule has 5 nitrogen and oxygen atoms in total. The SMILES string of the molecule is COc1ccc(/C=C/C(=O)c2ccc(OC(=O)c3ccccc3C)cc2)c(OC)c1. The first-order chi connectivity index (χ1) is 14.5. The molecule has 0 aromatic heterocycles. The Balaban J connectivity index is 1.69. The zero-order valence-corrected chi connectivity index (χ0v) is 17.0. The molecule has 152 valence electrons. The number of carbonyl (C=O) groups excluding carboxylic acids is 2. The predicted molar refractivity (Wildman–Crippen MR) is 115 cm³/mol. The lowest BCUT2D eigenvalue weighted by Crippen LogP contribution is -2.10. The summed E-state index contributed by atoms with van der Waals surface area (Å²) in [5.74, 6) is 1.05. The highest BCUT2D eigenvalue weighted by molar-refractivity contribution is 6.07. The van der Waals surface area contributed by atoms with Crippen LogP contribution in [0.2, 0.25) is 0 Å². The lowest BCUT2D eigenvalue weighted by molar-refractivity contribution is 0.0734. The largest absolute Gasteiger partial charge is 0.497 e. The highest BCUT2D eigenvalue weighted by atomic mass is 16.5. The van der Waals surface area contributed by atoms with E-state index in [1.165, 1.54) is 6.08 Å². The van der Waals surface area contributed by atoms with Crippen molar-refractivity contribution < 1.29 is 23.8 Å². The highest BCUT2D eigenvalue weighted by Gasteiger charge is 2.11. The van der Waals surface area contributed by atoms with E-state index in [1.54, 1.807) is 68.8 Å². The fourth-order valence-electron chi connectivity index (χ4n) is 2.87. The first kappa shape index (κ1) is 20.9. The first-order valence-electron chi connectivity index (χ1n) is 9.34. The zero-order chi connectivity index (χ0) is 21.5. The number of esters is 1. The molecule has 0 atom stereocenters. The van der Waals surface area contributed by atoms with Gasteiger partial charge in [-0.25, -0.2) is 4.79 Å². The molecule has 0 N–H and O–H groups in total. The third-order valence-corrected chi connectivity index (χ3v) is 4.57. The number of ketones is 1. The molecule has 0 heterocycles. The van der Waals surface area contributed by atoms with Gasteiger partial charge in [-0.05, 0) is 67.1 Å². The topological polar surface area (TPSA) is 61.8 Å². The molecular weight excluding hydrogens is 380 g/mol. The number of hydrogen-bond acceptors (Lipinski definition) is 5. The van der Waals surface area contributed by atoms with Gasteiger partial charge in [0.2, 0.25) is 0 Å². The monoisotopic (exact) mass is 402 g/mol. The summed E-state index contributed by atoms with van der Waals surface area (Å²) in [7, 11) is 3.14. The van der Waals surface area contributed by atoms with Crippen molar-refractivity contribution >= 4 is 17.8 Å². The summed E-state index contributed by atoms with van der Waals surface area (Å²) in [6, 6.07) is 19.0. The summed E-state index contributed by atoms with van der Waals surface area (Å²) in [4.78, 5) is 24.8. The molecule has 0 aliphatic heterocycles. The normalized spacial score (nSPS) is 10.6. The average molecular weight is 402 g/mol. The number of carbonyl (C=O) groups is 2. The second-order valence-electron chi connectivity index (χ2n) is 6.53. The number of rotatable bonds is 7. The Morgan fingerprint density at radius 3 is 2.20 bits per heavy atom. The lowest BCUT2D eigenvalue weighted by atomic mass is 10.1. The number of hydrogen-bond donors (Lipinski definition) is 0. The van der Waals surface area contributed by atoms with E-state index < -0.39 is 5.97 Å². The summed E-state index contributed by atoms with van der Waals surface area (Å²) in [5.41, 5.74) is 2.59. The van der Waals surface area contributed by atoms with Crippen molar-refractivity contribution in [2.75, 3.05) is 14.2 Å². The third-order valence-electron chi connectivity index (χ3n) is 4.57. The van der Waals surface area contributed by atoms with Gasteiger partial charge >= 0.3 is 5.97 Å². The average Bonchev–Trinajstić information content (AvgIpc) is 2.78. The lowest BCUT2D eigenvalue weighted by Gasteiger charge is -2.07. The van der Waals surface area contributed by atoms with Gasteiger partial charge in [0.15, 0.2) is 5.78 Å². The summed E-state index contributed by atoms with van der Waals surface area (Å²) in [5, 5.41) is 0. The minimum Gasteiger partial charge on any atom is -0.497 e. The number of benzene rings is 3. The molecule has 0 spiro atoms. The van der Waals surface area contributed by atoms with Crippen LogP contribution in [-0.2, 0) is 0 Å². The van der Waals surface area contributed by atoms with E-state index in [9.17, 15) is 9.59 Å². The Labute approximate surface area is 175 Å². The van der Waals surface area contributed by atoms with Crippen LogP contribution in [0.1, 0.15) is 31.8 Å². The van der Waals surface area contributed by atoms with Crippen molar-refractivity contribution in [2.45, 2.75) is 6.92 Å². The smallest absolute Gasteiger partial charge is 0.343 e. The fourth-order valence-corrected chi connectivity index (χ4v) is 2.87. The molecule has 3 aromatic carbocycles. The van der Waals surface area contributed by atoms with E-state index in [2.05, 4.69) is 0 Å². The van der Waals surface area contributed by atoms with Gasteiger partial charge in [0.25, 0.3) is 0 Å². The Kier molecular flexibility index (Phi) is 6.65. The molecule has 3 aromatic rings. The van der Waals surface area contributed by atoms with Crippen LogP contribution in [-0.4, -0.2) is 26.0 Å².